The van der Waals surface area contributed by atoms with Crippen LogP contribution in [0.1, 0.15) is 49.1 Å². The second-order valence-corrected chi connectivity index (χ2v) is 6.92. The van der Waals surface area contributed by atoms with Crippen LogP contribution in [0.5, 0.6) is 0 Å². The second kappa shape index (κ2) is 8.52. The Kier molecular flexibility index (Phi) is 5.88. The van der Waals surface area contributed by atoms with E-state index in [1.54, 1.807) is 48.5 Å². The lowest BCUT2D eigenvalue weighted by atomic mass is 10.1. The fourth-order valence-corrected chi connectivity index (χ4v) is 2.81. The van der Waals surface area contributed by atoms with Crippen molar-refractivity contribution in [2.24, 2.45) is 0 Å². The predicted molar refractivity (Wildman–Crippen MR) is 115 cm³/mol. The largest absolute Gasteiger partial charge is 0.322 e. The van der Waals surface area contributed by atoms with Gasteiger partial charge in [-0.3, -0.25) is 14.4 Å². The Hall–Kier alpha value is -3.73. The highest BCUT2D eigenvalue weighted by Gasteiger charge is 2.11. The maximum absolute atomic E-state index is 12.4. The lowest BCUT2D eigenvalue weighted by Crippen LogP contribution is -2.14. The summed E-state index contributed by atoms with van der Waals surface area (Å²) in [5, 5.41) is 5.62. The Bertz CT molecular complexity index is 1090. The van der Waals surface area contributed by atoms with Crippen LogP contribution in [-0.4, -0.2) is 17.6 Å². The van der Waals surface area contributed by atoms with Crippen LogP contribution in [0.15, 0.2) is 66.7 Å². The second-order valence-electron chi connectivity index (χ2n) is 6.92. The molecule has 2 amide bonds. The molecule has 0 saturated heterocycles. The zero-order chi connectivity index (χ0) is 21.0. The van der Waals surface area contributed by atoms with Crippen molar-refractivity contribution in [3.05, 3.63) is 94.5 Å². The van der Waals surface area contributed by atoms with Crippen molar-refractivity contribution in [3.8, 4) is 0 Å². The number of hydrogen-bond donors (Lipinski definition) is 2. The molecule has 0 heterocycles. The van der Waals surface area contributed by atoms with E-state index in [0.29, 0.717) is 22.4 Å². The van der Waals surface area contributed by atoms with Gasteiger partial charge in [0.25, 0.3) is 11.8 Å². The molecule has 29 heavy (non-hydrogen) atoms. The van der Waals surface area contributed by atoms with E-state index < -0.39 is 0 Å². The third-order valence-corrected chi connectivity index (χ3v) is 4.70. The smallest absolute Gasteiger partial charge is 0.255 e. The maximum atomic E-state index is 12.4. The molecule has 0 bridgehead atoms. The van der Waals surface area contributed by atoms with Gasteiger partial charge in [-0.25, -0.2) is 0 Å². The van der Waals surface area contributed by atoms with Crippen LogP contribution >= 0.6 is 0 Å². The van der Waals surface area contributed by atoms with Gasteiger partial charge >= 0.3 is 0 Å². The first kappa shape index (κ1) is 20.0. The summed E-state index contributed by atoms with van der Waals surface area (Å²) in [5.41, 5.74) is 4.93. The molecule has 146 valence electrons. The van der Waals surface area contributed by atoms with E-state index >= 15 is 0 Å². The minimum Gasteiger partial charge on any atom is -0.322 e. The molecule has 0 aliphatic rings. The number of rotatable bonds is 5. The van der Waals surface area contributed by atoms with Crippen LogP contribution in [-0.2, 0) is 0 Å². The third kappa shape index (κ3) is 4.96. The number of nitrogens with one attached hydrogen (secondary N) is 2. The van der Waals surface area contributed by atoms with E-state index in [1.807, 2.05) is 32.0 Å². The summed E-state index contributed by atoms with van der Waals surface area (Å²) >= 11 is 0. The fraction of sp³-hybridized carbons (Fsp3) is 0.125. The van der Waals surface area contributed by atoms with Gasteiger partial charge < -0.3 is 10.6 Å². The van der Waals surface area contributed by atoms with Crippen LogP contribution in [0, 0.1) is 13.8 Å². The quantitative estimate of drug-likeness (QED) is 0.605. The lowest BCUT2D eigenvalue weighted by Gasteiger charge is -2.09. The summed E-state index contributed by atoms with van der Waals surface area (Å²) in [7, 11) is 0. The summed E-state index contributed by atoms with van der Waals surface area (Å²) in [6, 6.07) is 18.9. The summed E-state index contributed by atoms with van der Waals surface area (Å²) in [6.45, 7) is 5.48. The molecule has 0 aliphatic heterocycles. The topological polar surface area (TPSA) is 75.3 Å². The maximum Gasteiger partial charge on any atom is 0.255 e. The molecule has 0 saturated carbocycles. The first-order valence-electron chi connectivity index (χ1n) is 9.24. The molecule has 0 spiro atoms. The molecular formula is C24H22N2O3. The van der Waals surface area contributed by atoms with Crippen LogP contribution in [0.4, 0.5) is 11.4 Å². The molecule has 3 rings (SSSR count). The number of ketones is 1. The van der Waals surface area contributed by atoms with Gasteiger partial charge in [-0.1, -0.05) is 18.2 Å². The van der Waals surface area contributed by atoms with E-state index in [2.05, 4.69) is 10.6 Å². The monoisotopic (exact) mass is 386 g/mol. The van der Waals surface area contributed by atoms with Gasteiger partial charge in [-0.2, -0.15) is 0 Å². The number of hydrogen-bond acceptors (Lipinski definition) is 3. The number of Topliss-reactive ketones (excluding diaryl/α,β-unsaturated/α-hetero) is 1. The Morgan fingerprint density at radius 1 is 0.621 bits per heavy atom. The van der Waals surface area contributed by atoms with E-state index in [1.165, 1.54) is 6.92 Å². The summed E-state index contributed by atoms with van der Waals surface area (Å²) in [4.78, 5) is 36.4. The van der Waals surface area contributed by atoms with Crippen LogP contribution in [0.3, 0.4) is 0 Å². The molecule has 0 atom stereocenters. The zero-order valence-corrected chi connectivity index (χ0v) is 16.6. The van der Waals surface area contributed by atoms with Crippen LogP contribution in [0.2, 0.25) is 0 Å². The number of carbonyl (C=O) groups is 3. The van der Waals surface area contributed by atoms with Gasteiger partial charge in [0.1, 0.15) is 0 Å². The van der Waals surface area contributed by atoms with Gasteiger partial charge in [0, 0.05) is 28.1 Å². The normalized spacial score (nSPS) is 10.3. The fourth-order valence-electron chi connectivity index (χ4n) is 2.81. The molecule has 5 nitrogen and oxygen atoms in total. The van der Waals surface area contributed by atoms with E-state index in [0.717, 1.165) is 16.8 Å². The van der Waals surface area contributed by atoms with Gasteiger partial charge in [0.15, 0.2) is 5.78 Å². The molecular weight excluding hydrogens is 364 g/mol. The minimum absolute atomic E-state index is 0.0692. The average molecular weight is 386 g/mol. The Balaban J connectivity index is 1.68. The molecule has 0 radical (unpaired) electrons. The van der Waals surface area contributed by atoms with Crippen molar-refractivity contribution in [2.75, 3.05) is 10.6 Å². The average Bonchev–Trinajstić information content (AvgIpc) is 2.71. The van der Waals surface area contributed by atoms with Gasteiger partial charge in [-0.05, 0) is 80.4 Å². The Morgan fingerprint density at radius 2 is 1.17 bits per heavy atom. The van der Waals surface area contributed by atoms with Crippen LogP contribution < -0.4 is 10.6 Å². The van der Waals surface area contributed by atoms with Crippen molar-refractivity contribution in [2.45, 2.75) is 20.8 Å². The van der Waals surface area contributed by atoms with E-state index in [9.17, 15) is 14.4 Å². The molecule has 0 aliphatic carbocycles. The number of amides is 2. The standard InChI is InChI=1S/C24H22N2O3/c1-15-7-12-22(13-16(15)2)26-24(29)19-10-8-18(9-11-19)23(28)25-21-6-4-5-20(14-21)17(3)27/h4-14H,1-3H3,(H,25,28)(H,26,29). The number of aryl methyl sites for hydroxylation is 2. The highest BCUT2D eigenvalue weighted by molar-refractivity contribution is 6.07. The third-order valence-electron chi connectivity index (χ3n) is 4.70. The lowest BCUT2D eigenvalue weighted by molar-refractivity contribution is 0.101. The summed E-state index contributed by atoms with van der Waals surface area (Å²) in [6.07, 6.45) is 0. The Labute approximate surface area is 169 Å². The first-order valence-corrected chi connectivity index (χ1v) is 9.24. The predicted octanol–water partition coefficient (Wildman–Crippen LogP) is 5.01. The van der Waals surface area contributed by atoms with Crippen LogP contribution in [0.25, 0.3) is 0 Å². The number of benzene rings is 3. The van der Waals surface area contributed by atoms with Crippen molar-refractivity contribution in [1.29, 1.82) is 0 Å². The van der Waals surface area contributed by atoms with Crippen molar-refractivity contribution >= 4 is 29.0 Å². The minimum atomic E-state index is -0.313. The zero-order valence-electron chi connectivity index (χ0n) is 16.6. The van der Waals surface area contributed by atoms with Gasteiger partial charge in [-0.15, -0.1) is 0 Å². The van der Waals surface area contributed by atoms with E-state index in [-0.39, 0.29) is 17.6 Å². The first-order chi connectivity index (χ1) is 13.8. The van der Waals surface area contributed by atoms with E-state index in [4.69, 9.17) is 0 Å². The number of anilines is 2. The molecule has 3 aromatic carbocycles. The van der Waals surface area contributed by atoms with Crippen molar-refractivity contribution in [3.63, 3.8) is 0 Å². The van der Waals surface area contributed by atoms with Gasteiger partial charge in [0.05, 0.1) is 0 Å². The Morgan fingerprint density at radius 3 is 1.69 bits per heavy atom. The molecule has 0 aromatic heterocycles. The molecule has 5 heteroatoms. The molecule has 3 aromatic rings. The summed E-state index contributed by atoms with van der Waals surface area (Å²) in [5.74, 6) is -0.624. The van der Waals surface area contributed by atoms with Crippen molar-refractivity contribution < 1.29 is 14.4 Å². The highest BCUT2D eigenvalue weighted by atomic mass is 16.2. The van der Waals surface area contributed by atoms with Crippen molar-refractivity contribution in [1.82, 2.24) is 0 Å². The SMILES string of the molecule is CC(=O)c1cccc(NC(=O)c2ccc(C(=O)Nc3ccc(C)c(C)c3)cc2)c1. The summed E-state index contributed by atoms with van der Waals surface area (Å²) < 4.78 is 0. The molecule has 0 fully saturated rings. The highest BCUT2D eigenvalue weighted by Crippen LogP contribution is 2.16. The van der Waals surface area contributed by atoms with Gasteiger partial charge in [0.2, 0.25) is 0 Å². The number of carbonyl (C=O) groups excluding carboxylic acids is 3. The molecule has 0 unspecified atom stereocenters. The molecule has 2 N–H and O–H groups in total.